The highest BCUT2D eigenvalue weighted by molar-refractivity contribution is 5.76. The molecular formula is C21H25N3O2. The molecule has 0 unspecified atom stereocenters. The van der Waals surface area contributed by atoms with Gasteiger partial charge in [-0.05, 0) is 43.9 Å². The molecule has 0 saturated heterocycles. The molecule has 5 heteroatoms. The fourth-order valence-corrected chi connectivity index (χ4v) is 3.09. The van der Waals surface area contributed by atoms with E-state index in [4.69, 9.17) is 0 Å². The summed E-state index contributed by atoms with van der Waals surface area (Å²) in [5, 5.41) is 2.94. The fraction of sp³-hybridized carbons (Fsp3) is 0.333. The molecule has 136 valence electrons. The Morgan fingerprint density at radius 2 is 1.85 bits per heavy atom. The fourth-order valence-electron chi connectivity index (χ4n) is 3.09. The van der Waals surface area contributed by atoms with Gasteiger partial charge < -0.3 is 10.3 Å². The van der Waals surface area contributed by atoms with Gasteiger partial charge in [-0.25, -0.2) is 4.79 Å². The zero-order valence-corrected chi connectivity index (χ0v) is 15.1. The van der Waals surface area contributed by atoms with Crippen molar-refractivity contribution >= 4 is 16.9 Å². The summed E-state index contributed by atoms with van der Waals surface area (Å²) in [4.78, 5) is 26.8. The minimum absolute atomic E-state index is 0.0726. The lowest BCUT2D eigenvalue weighted by molar-refractivity contribution is -0.121. The molecule has 0 radical (unpaired) electrons. The number of para-hydroxylation sites is 2. The molecule has 3 rings (SSSR count). The number of nitrogens with one attached hydrogen (secondary N) is 2. The summed E-state index contributed by atoms with van der Waals surface area (Å²) in [6, 6.07) is 16.1. The van der Waals surface area contributed by atoms with Crippen molar-refractivity contribution in [3.63, 3.8) is 0 Å². The van der Waals surface area contributed by atoms with E-state index < -0.39 is 0 Å². The van der Waals surface area contributed by atoms with Gasteiger partial charge in [0.2, 0.25) is 5.91 Å². The predicted molar refractivity (Wildman–Crippen MR) is 104 cm³/mol. The number of H-pyrrole nitrogens is 1. The van der Waals surface area contributed by atoms with Crippen LogP contribution in [0.4, 0.5) is 0 Å². The van der Waals surface area contributed by atoms with E-state index in [1.807, 2.05) is 24.3 Å². The molecule has 1 aromatic heterocycles. The van der Waals surface area contributed by atoms with Crippen LogP contribution in [0, 0.1) is 6.92 Å². The highest BCUT2D eigenvalue weighted by Crippen LogP contribution is 2.09. The van der Waals surface area contributed by atoms with E-state index >= 15 is 0 Å². The summed E-state index contributed by atoms with van der Waals surface area (Å²) in [5.41, 5.74) is 4.16. The average molecular weight is 351 g/mol. The molecular weight excluding hydrogens is 326 g/mol. The Morgan fingerprint density at radius 1 is 1.08 bits per heavy atom. The van der Waals surface area contributed by atoms with Gasteiger partial charge in [-0.1, -0.05) is 42.0 Å². The van der Waals surface area contributed by atoms with Crippen LogP contribution in [0.15, 0.2) is 53.3 Å². The highest BCUT2D eigenvalue weighted by atomic mass is 16.2. The molecule has 0 atom stereocenters. The molecule has 2 aromatic carbocycles. The van der Waals surface area contributed by atoms with Crippen LogP contribution in [0.2, 0.25) is 0 Å². The van der Waals surface area contributed by atoms with Gasteiger partial charge in [-0.3, -0.25) is 9.36 Å². The van der Waals surface area contributed by atoms with Crippen molar-refractivity contribution in [3.8, 4) is 0 Å². The first kappa shape index (κ1) is 18.0. The number of amides is 1. The van der Waals surface area contributed by atoms with Crippen LogP contribution in [0.1, 0.15) is 30.4 Å². The molecule has 26 heavy (non-hydrogen) atoms. The smallest absolute Gasteiger partial charge is 0.326 e. The van der Waals surface area contributed by atoms with E-state index in [9.17, 15) is 9.59 Å². The van der Waals surface area contributed by atoms with E-state index in [1.54, 1.807) is 4.57 Å². The van der Waals surface area contributed by atoms with Gasteiger partial charge in [0, 0.05) is 19.5 Å². The van der Waals surface area contributed by atoms with Crippen LogP contribution in [0.25, 0.3) is 11.0 Å². The largest absolute Gasteiger partial charge is 0.356 e. The number of nitrogens with zero attached hydrogens (tertiary/aromatic N) is 1. The number of benzene rings is 2. The molecule has 0 spiro atoms. The molecule has 5 nitrogen and oxygen atoms in total. The van der Waals surface area contributed by atoms with Crippen LogP contribution in [-0.2, 0) is 17.8 Å². The first-order valence-electron chi connectivity index (χ1n) is 9.13. The van der Waals surface area contributed by atoms with Crippen molar-refractivity contribution in [3.05, 3.63) is 70.1 Å². The van der Waals surface area contributed by atoms with Crippen LogP contribution in [0.5, 0.6) is 0 Å². The van der Waals surface area contributed by atoms with E-state index in [1.165, 1.54) is 11.1 Å². The number of aromatic amines is 1. The second-order valence-corrected chi connectivity index (χ2v) is 6.64. The maximum Gasteiger partial charge on any atom is 0.326 e. The third kappa shape index (κ3) is 4.63. The van der Waals surface area contributed by atoms with Crippen LogP contribution in [-0.4, -0.2) is 22.0 Å². The Bertz CT molecular complexity index is 922. The molecule has 1 heterocycles. The van der Waals surface area contributed by atoms with Gasteiger partial charge in [-0.2, -0.15) is 0 Å². The summed E-state index contributed by atoms with van der Waals surface area (Å²) in [6.07, 6.45) is 3.02. The number of rotatable bonds is 8. The van der Waals surface area contributed by atoms with E-state index in [0.29, 0.717) is 19.5 Å². The minimum Gasteiger partial charge on any atom is -0.356 e. The molecule has 0 aliphatic carbocycles. The van der Waals surface area contributed by atoms with Crippen LogP contribution >= 0.6 is 0 Å². The maximum atomic E-state index is 12.0. The summed E-state index contributed by atoms with van der Waals surface area (Å²) < 4.78 is 1.72. The Kier molecular flexibility index (Phi) is 5.89. The quantitative estimate of drug-likeness (QED) is 0.612. The number of hydrogen-bond acceptors (Lipinski definition) is 2. The molecule has 0 fully saturated rings. The average Bonchev–Trinajstić information content (AvgIpc) is 2.96. The van der Waals surface area contributed by atoms with Gasteiger partial charge in [0.15, 0.2) is 0 Å². The van der Waals surface area contributed by atoms with E-state index in [0.717, 1.165) is 30.3 Å². The number of fused-ring (bicyclic) bond motifs is 1. The standard InChI is InChI=1S/C21H25N3O2/c1-16-10-12-17(13-11-16)6-4-9-20(25)22-14-5-15-24-19-8-3-2-7-18(19)23-21(24)26/h2-3,7-8,10-13H,4-6,9,14-15H2,1H3,(H,22,25)(H,23,26). The Morgan fingerprint density at radius 3 is 2.65 bits per heavy atom. The van der Waals surface area contributed by atoms with Gasteiger partial charge >= 0.3 is 5.69 Å². The van der Waals surface area contributed by atoms with Crippen molar-refractivity contribution in [1.29, 1.82) is 0 Å². The first-order chi connectivity index (χ1) is 12.6. The van der Waals surface area contributed by atoms with Crippen molar-refractivity contribution in [2.45, 2.75) is 39.2 Å². The highest BCUT2D eigenvalue weighted by Gasteiger charge is 2.06. The zero-order chi connectivity index (χ0) is 18.4. The molecule has 2 N–H and O–H groups in total. The molecule has 0 bridgehead atoms. The first-order valence-corrected chi connectivity index (χ1v) is 9.13. The van der Waals surface area contributed by atoms with Crippen molar-refractivity contribution in [1.82, 2.24) is 14.9 Å². The Hall–Kier alpha value is -2.82. The van der Waals surface area contributed by atoms with Crippen molar-refractivity contribution in [2.75, 3.05) is 6.54 Å². The normalized spacial score (nSPS) is 11.0. The molecule has 0 aliphatic heterocycles. The second kappa shape index (κ2) is 8.52. The summed E-state index contributed by atoms with van der Waals surface area (Å²) >= 11 is 0. The topological polar surface area (TPSA) is 66.9 Å². The lowest BCUT2D eigenvalue weighted by atomic mass is 10.1. The van der Waals surface area contributed by atoms with Crippen LogP contribution in [0.3, 0.4) is 0 Å². The Labute approximate surface area is 153 Å². The Balaban J connectivity index is 1.38. The summed E-state index contributed by atoms with van der Waals surface area (Å²) in [7, 11) is 0. The SMILES string of the molecule is Cc1ccc(CCCC(=O)NCCCn2c(=O)[nH]c3ccccc32)cc1. The number of aromatic nitrogens is 2. The monoisotopic (exact) mass is 351 g/mol. The number of carbonyl (C=O) groups is 1. The third-order valence-corrected chi connectivity index (χ3v) is 4.55. The lowest BCUT2D eigenvalue weighted by Crippen LogP contribution is -2.26. The molecule has 0 aliphatic rings. The lowest BCUT2D eigenvalue weighted by Gasteiger charge is -2.07. The molecule has 3 aromatic rings. The number of hydrogen-bond donors (Lipinski definition) is 2. The van der Waals surface area contributed by atoms with Crippen LogP contribution < -0.4 is 11.0 Å². The molecule has 0 saturated carbocycles. The number of imidazole rings is 1. The van der Waals surface area contributed by atoms with Gasteiger partial charge in [0.1, 0.15) is 0 Å². The third-order valence-electron chi connectivity index (χ3n) is 4.55. The van der Waals surface area contributed by atoms with Crippen molar-refractivity contribution < 1.29 is 4.79 Å². The maximum absolute atomic E-state index is 12.0. The summed E-state index contributed by atoms with van der Waals surface area (Å²) in [5.74, 6) is 0.0726. The van der Waals surface area contributed by atoms with Gasteiger partial charge in [-0.15, -0.1) is 0 Å². The minimum atomic E-state index is -0.101. The number of carbonyl (C=O) groups excluding carboxylic acids is 1. The second-order valence-electron chi connectivity index (χ2n) is 6.64. The van der Waals surface area contributed by atoms with E-state index in [2.05, 4.69) is 41.5 Å². The van der Waals surface area contributed by atoms with Gasteiger partial charge in [0.25, 0.3) is 0 Å². The number of aryl methyl sites for hydroxylation is 3. The van der Waals surface area contributed by atoms with Gasteiger partial charge in [0.05, 0.1) is 11.0 Å². The summed E-state index contributed by atoms with van der Waals surface area (Å²) in [6.45, 7) is 3.24. The van der Waals surface area contributed by atoms with Crippen molar-refractivity contribution in [2.24, 2.45) is 0 Å². The predicted octanol–water partition coefficient (Wildman–Crippen LogP) is 3.17. The zero-order valence-electron chi connectivity index (χ0n) is 15.1. The molecule has 1 amide bonds. The van der Waals surface area contributed by atoms with E-state index in [-0.39, 0.29) is 11.6 Å².